The lowest BCUT2D eigenvalue weighted by Gasteiger charge is -2.38. The second-order valence-electron chi connectivity index (χ2n) is 20.8. The summed E-state index contributed by atoms with van der Waals surface area (Å²) in [6, 6.07) is 8.90. The first kappa shape index (κ1) is 72.3. The average molecular weight is 1280 g/mol. The normalized spacial score (nSPS) is 20.8. The Bertz CT molecular complexity index is 2830. The summed E-state index contributed by atoms with van der Waals surface area (Å²) in [5.74, 6) is 0.163. The number of carboxylic acids is 1. The second-order valence-corrected chi connectivity index (χ2v) is 20.8. The molecule has 500 valence electrons. The number of nitrogens with one attached hydrogen (secondary N) is 1. The minimum atomic E-state index is -1.82. The molecule has 90 heavy (non-hydrogen) atoms. The van der Waals surface area contributed by atoms with E-state index in [1.54, 1.807) is 27.8 Å². The molecule has 0 radical (unpaired) electrons. The molecule has 33 heteroatoms. The van der Waals surface area contributed by atoms with Crippen molar-refractivity contribution < 1.29 is 117 Å². The predicted molar refractivity (Wildman–Crippen MR) is 306 cm³/mol. The molecule has 0 bridgehead atoms. The molecule has 2 aromatic heterocycles. The summed E-state index contributed by atoms with van der Waals surface area (Å²) in [5, 5.41) is 90.5. The fourth-order valence-corrected chi connectivity index (χ4v) is 9.07. The summed E-state index contributed by atoms with van der Waals surface area (Å²) in [6.07, 6.45) is -9.10. The molecule has 1 saturated carbocycles. The molecule has 6 rings (SSSR count). The molecule has 4 aromatic rings. The third-order valence-corrected chi connectivity index (χ3v) is 14.0. The van der Waals surface area contributed by atoms with E-state index >= 15 is 0 Å². The number of aryl methyl sites for hydroxylation is 1. The van der Waals surface area contributed by atoms with Gasteiger partial charge in [-0.1, -0.05) is 22.6 Å². The number of carboxylic acid groups (broad SMARTS) is 1. The van der Waals surface area contributed by atoms with Gasteiger partial charge in [-0.05, 0) is 35.4 Å². The fraction of sp³-hybridized carbons (Fsp3) is 0.632. The highest BCUT2D eigenvalue weighted by Crippen LogP contribution is 2.32. The minimum absolute atomic E-state index is 0.000254. The highest BCUT2D eigenvalue weighted by Gasteiger charge is 2.47. The van der Waals surface area contributed by atoms with E-state index in [0.29, 0.717) is 128 Å². The second kappa shape index (κ2) is 38.8. The van der Waals surface area contributed by atoms with E-state index < -0.39 is 78.8 Å². The maximum Gasteiger partial charge on any atom is 0.309 e. The van der Waals surface area contributed by atoms with Crippen molar-refractivity contribution in [1.82, 2.24) is 40.2 Å². The van der Waals surface area contributed by atoms with Gasteiger partial charge < -0.3 is 98.0 Å². The number of rotatable bonds is 43. The Labute approximate surface area is 517 Å². The molecule has 2 aromatic carbocycles. The molecule has 1 amide bonds. The molecule has 3 heterocycles. The predicted octanol–water partition coefficient (Wildman–Crippen LogP) is -2.51. The Balaban J connectivity index is 0.862. The molecule has 9 atom stereocenters. The lowest BCUT2D eigenvalue weighted by atomic mass is 9.80. The first-order valence-corrected chi connectivity index (χ1v) is 29.3. The summed E-state index contributed by atoms with van der Waals surface area (Å²) in [7, 11) is 0. The number of hydrogen-bond donors (Lipinski definition) is 9. The van der Waals surface area contributed by atoms with Gasteiger partial charge in [-0.15, -0.1) is 10.2 Å². The maximum absolute atomic E-state index is 13.6. The monoisotopic (exact) mass is 1280 g/mol. The Morgan fingerprint density at radius 2 is 1.13 bits per heavy atom. The van der Waals surface area contributed by atoms with Gasteiger partial charge >= 0.3 is 17.9 Å². The summed E-state index contributed by atoms with van der Waals surface area (Å²) in [5.41, 5.74) is 1.99. The van der Waals surface area contributed by atoms with Crippen LogP contribution in [0, 0.1) is 5.92 Å². The molecule has 10 N–H and O–H groups in total. The van der Waals surface area contributed by atoms with E-state index in [0.717, 1.165) is 0 Å². The lowest BCUT2D eigenvalue weighted by molar-refractivity contribution is -0.242. The van der Waals surface area contributed by atoms with Crippen LogP contribution in [0.3, 0.4) is 0 Å². The molecule has 33 nitrogen and oxygen atoms in total. The number of hydrogen-bond acceptors (Lipinski definition) is 29. The van der Waals surface area contributed by atoms with Gasteiger partial charge in [-0.25, -0.2) is 15.3 Å². The van der Waals surface area contributed by atoms with E-state index in [4.69, 9.17) is 58.0 Å². The van der Waals surface area contributed by atoms with Crippen molar-refractivity contribution in [3.8, 4) is 11.5 Å². The van der Waals surface area contributed by atoms with Crippen LogP contribution in [-0.2, 0) is 101 Å². The van der Waals surface area contributed by atoms with Crippen LogP contribution in [0.25, 0.3) is 0 Å². The number of carbonyl (C=O) groups excluding carboxylic acids is 4. The number of aliphatic carboxylic acids is 1. The summed E-state index contributed by atoms with van der Waals surface area (Å²) < 4.78 is 64.9. The van der Waals surface area contributed by atoms with Crippen molar-refractivity contribution in [2.45, 2.75) is 115 Å². The Morgan fingerprint density at radius 3 is 1.69 bits per heavy atom. The van der Waals surface area contributed by atoms with Gasteiger partial charge in [0.25, 0.3) is 5.91 Å². The van der Waals surface area contributed by atoms with E-state index in [-0.39, 0.29) is 87.3 Å². The van der Waals surface area contributed by atoms with E-state index in [2.05, 4.69) is 35.7 Å². The number of aliphatic hydroxyl groups excluding tert-OH is 6. The van der Waals surface area contributed by atoms with Gasteiger partial charge in [0.15, 0.2) is 5.78 Å². The van der Waals surface area contributed by atoms with Gasteiger partial charge in [0.05, 0.1) is 147 Å². The van der Waals surface area contributed by atoms with Crippen LogP contribution in [-0.4, -0.2) is 261 Å². The van der Waals surface area contributed by atoms with Gasteiger partial charge in [-0.3, -0.25) is 28.9 Å². The van der Waals surface area contributed by atoms with Crippen molar-refractivity contribution in [3.63, 3.8) is 0 Å². The standard InChI is InChI=1S/C57H83N9O24/c1-36(67)85-33-38-3-7-47(90-57-54(75)51(72)46(70)35-87-57)42(27-38)45(69)6-5-40-31-65(62-60-40)12-17-82-21-19-79-14-9-64(11-16-81-23-24-84-25-26-88-58)10-15-80-20-22-83-18-13-66-32-41(61-63-66)30-59-55(76)43-28-39(34-86-37(2)68)4-8-48(43)89-49-29-44(56(77)78)50(71)53(74)52(49)73/h3-4,7-8,27-28,31-32,44,46,49-54,57,70-75H,5-6,9-26,29-30,33-35,58H2,1-2H3,(H,59,76)(H,77,78)/t44-,46+,49+,50+,51-,52-,53-,54+,57-/m0/s1. The summed E-state index contributed by atoms with van der Waals surface area (Å²) in [6.45, 7) is 8.92. The third-order valence-electron chi connectivity index (χ3n) is 14.0. The van der Waals surface area contributed by atoms with Crippen molar-refractivity contribution >= 4 is 29.6 Å². The van der Waals surface area contributed by atoms with Crippen LogP contribution in [0.1, 0.15) is 69.9 Å². The van der Waals surface area contributed by atoms with Crippen molar-refractivity contribution in [1.29, 1.82) is 0 Å². The first-order chi connectivity index (χ1) is 43.4. The Morgan fingerprint density at radius 1 is 0.622 bits per heavy atom. The number of benzene rings is 2. The highest BCUT2D eigenvalue weighted by molar-refractivity contribution is 5.99. The highest BCUT2D eigenvalue weighted by atomic mass is 16.7. The Kier molecular flexibility index (Phi) is 31.2. The molecule has 1 aliphatic heterocycles. The number of amides is 1. The zero-order chi connectivity index (χ0) is 64.8. The minimum Gasteiger partial charge on any atom is -0.487 e. The number of ketones is 1. The Hall–Kier alpha value is -6.77. The molecule has 1 aliphatic carbocycles. The molecule has 2 fully saturated rings. The average Bonchev–Trinajstić information content (AvgIpc) is 1.21. The maximum atomic E-state index is 13.6. The van der Waals surface area contributed by atoms with Gasteiger partial charge in [0.1, 0.15) is 67.0 Å². The number of nitrogens with two attached hydrogens (primary N) is 1. The third kappa shape index (κ3) is 24.5. The van der Waals surface area contributed by atoms with Crippen LogP contribution >= 0.6 is 0 Å². The molecular weight excluding hydrogens is 1190 g/mol. The summed E-state index contributed by atoms with van der Waals surface area (Å²) in [4.78, 5) is 68.5. The largest absolute Gasteiger partial charge is 0.487 e. The molecule has 0 spiro atoms. The fourth-order valence-electron chi connectivity index (χ4n) is 9.07. The number of carbonyl (C=O) groups is 5. The van der Waals surface area contributed by atoms with Crippen LogP contribution in [0.2, 0.25) is 0 Å². The quantitative estimate of drug-likeness (QED) is 0.00956. The first-order valence-electron chi connectivity index (χ1n) is 29.3. The van der Waals surface area contributed by atoms with E-state index in [1.165, 1.54) is 44.2 Å². The van der Waals surface area contributed by atoms with Gasteiger partial charge in [-0.2, -0.15) is 0 Å². The van der Waals surface area contributed by atoms with Crippen LogP contribution < -0.4 is 20.7 Å². The van der Waals surface area contributed by atoms with Crippen LogP contribution in [0.5, 0.6) is 11.5 Å². The molecule has 1 saturated heterocycles. The zero-order valence-electron chi connectivity index (χ0n) is 50.3. The number of nitrogens with zero attached hydrogens (tertiary/aromatic N) is 7. The lowest BCUT2D eigenvalue weighted by Crippen LogP contribution is -2.57. The SMILES string of the molecule is CC(=O)OCc1ccc(O[C@@H]2OC[C@@H](O)[C@H](O)[C@H]2O)c(C(=O)CCc2cn(CCOCCOCCN(CCOCCOCCON)CCOCCOCCn3cc(CNC(=O)c4cc(COC(C)=O)ccc4O[C@@H]4C[C@H](C(=O)O)[C@@H](O)[C@H](O)[C@H]4O)nn3)nn2)c1. The van der Waals surface area contributed by atoms with Crippen LogP contribution in [0.15, 0.2) is 48.8 Å². The molecular formula is C57H83N9O24. The summed E-state index contributed by atoms with van der Waals surface area (Å²) >= 11 is 0. The number of esters is 2. The topological polar surface area (TPSA) is 440 Å². The number of aliphatic hydroxyl groups is 6. The number of Topliss-reactive ketones (excluding diaryl/α,β-unsaturated/α-hetero) is 1. The number of ether oxygens (including phenoxy) is 11. The molecule has 2 aliphatic rings. The zero-order valence-corrected chi connectivity index (χ0v) is 50.3. The van der Waals surface area contributed by atoms with E-state index in [9.17, 15) is 59.7 Å². The van der Waals surface area contributed by atoms with Crippen molar-refractivity contribution in [3.05, 3.63) is 82.4 Å². The smallest absolute Gasteiger partial charge is 0.309 e. The van der Waals surface area contributed by atoms with Gasteiger partial charge in [0, 0.05) is 58.9 Å². The molecule has 0 unspecified atom stereocenters. The number of aromatic nitrogens is 6. The van der Waals surface area contributed by atoms with Gasteiger partial charge in [0.2, 0.25) is 6.29 Å². The van der Waals surface area contributed by atoms with E-state index in [1.807, 2.05) is 0 Å². The van der Waals surface area contributed by atoms with Crippen LogP contribution in [0.4, 0.5) is 0 Å². The van der Waals surface area contributed by atoms with Crippen molar-refractivity contribution in [2.75, 3.05) is 112 Å². The van der Waals surface area contributed by atoms with Crippen molar-refractivity contribution in [2.24, 2.45) is 11.8 Å².